The summed E-state index contributed by atoms with van der Waals surface area (Å²) in [6.45, 7) is 4.60. The van der Waals surface area contributed by atoms with E-state index in [1.807, 2.05) is 0 Å². The van der Waals surface area contributed by atoms with Gasteiger partial charge in [0.15, 0.2) is 0 Å². The van der Waals surface area contributed by atoms with Crippen LogP contribution in [0.4, 0.5) is 0 Å². The van der Waals surface area contributed by atoms with Crippen molar-refractivity contribution in [3.8, 4) is 0 Å². The second-order valence-corrected chi connectivity index (χ2v) is 9.12. The van der Waals surface area contributed by atoms with E-state index in [2.05, 4.69) is 62.4 Å². The van der Waals surface area contributed by atoms with Crippen LogP contribution in [0.25, 0.3) is 21.5 Å². The van der Waals surface area contributed by atoms with Gasteiger partial charge in [0, 0.05) is 0 Å². The maximum atomic E-state index is 2.45. The Kier molecular flexibility index (Phi) is 9.74. The second kappa shape index (κ2) is 12.8. The molecule has 0 heterocycles. The molecule has 0 heteroatoms. The van der Waals surface area contributed by atoms with Crippen molar-refractivity contribution in [3.63, 3.8) is 0 Å². The molecule has 0 radical (unpaired) electrons. The Morgan fingerprint density at radius 3 is 1.80 bits per heavy atom. The number of fused-ring (bicyclic) bond motifs is 3. The molecule has 0 N–H and O–H groups in total. The van der Waals surface area contributed by atoms with E-state index < -0.39 is 0 Å². The van der Waals surface area contributed by atoms with E-state index in [-0.39, 0.29) is 0 Å². The first-order valence-electron chi connectivity index (χ1n) is 12.8. The molecule has 3 rings (SSSR count). The Bertz CT molecular complexity index is 889. The van der Waals surface area contributed by atoms with Crippen molar-refractivity contribution >= 4 is 21.5 Å². The Morgan fingerprint density at radius 2 is 1.07 bits per heavy atom. The average molecular weight is 403 g/mol. The third-order valence-electron chi connectivity index (χ3n) is 6.71. The van der Waals surface area contributed by atoms with Crippen LogP contribution in [0.5, 0.6) is 0 Å². The SMILES string of the molecule is CCCCCCCCc1ccc2c(ccc3ccccc32)c1CCCCCCCC. The largest absolute Gasteiger partial charge is 0.0654 e. The van der Waals surface area contributed by atoms with Gasteiger partial charge in [-0.05, 0) is 58.4 Å². The highest BCUT2D eigenvalue weighted by molar-refractivity contribution is 6.08. The van der Waals surface area contributed by atoms with E-state index in [4.69, 9.17) is 0 Å². The molecule has 30 heavy (non-hydrogen) atoms. The molecule has 0 bridgehead atoms. The van der Waals surface area contributed by atoms with Crippen molar-refractivity contribution in [3.05, 3.63) is 59.7 Å². The number of aryl methyl sites for hydroxylation is 2. The van der Waals surface area contributed by atoms with Crippen LogP contribution in [0.3, 0.4) is 0 Å². The van der Waals surface area contributed by atoms with Crippen molar-refractivity contribution in [2.75, 3.05) is 0 Å². The fourth-order valence-corrected chi connectivity index (χ4v) is 4.90. The van der Waals surface area contributed by atoms with Gasteiger partial charge in [0.1, 0.15) is 0 Å². The summed E-state index contributed by atoms with van der Waals surface area (Å²) < 4.78 is 0. The zero-order chi connectivity index (χ0) is 21.0. The zero-order valence-electron chi connectivity index (χ0n) is 19.5. The Morgan fingerprint density at radius 1 is 0.467 bits per heavy atom. The smallest absolute Gasteiger partial charge is 0.0102 e. The van der Waals surface area contributed by atoms with Crippen molar-refractivity contribution in [2.24, 2.45) is 0 Å². The fraction of sp³-hybridized carbons (Fsp3) is 0.533. The third kappa shape index (κ3) is 6.34. The first-order valence-corrected chi connectivity index (χ1v) is 12.8. The van der Waals surface area contributed by atoms with Crippen LogP contribution >= 0.6 is 0 Å². The topological polar surface area (TPSA) is 0 Å². The van der Waals surface area contributed by atoms with E-state index in [9.17, 15) is 0 Å². The lowest BCUT2D eigenvalue weighted by molar-refractivity contribution is 0.600. The van der Waals surface area contributed by atoms with Gasteiger partial charge < -0.3 is 0 Å². The molecule has 0 atom stereocenters. The summed E-state index contributed by atoms with van der Waals surface area (Å²) in [6, 6.07) is 18.4. The minimum atomic E-state index is 1.24. The van der Waals surface area contributed by atoms with Crippen molar-refractivity contribution in [1.29, 1.82) is 0 Å². The highest BCUT2D eigenvalue weighted by Crippen LogP contribution is 2.31. The summed E-state index contributed by atoms with van der Waals surface area (Å²) in [7, 11) is 0. The summed E-state index contributed by atoms with van der Waals surface area (Å²) in [6.07, 6.45) is 19.0. The van der Waals surface area contributed by atoms with E-state index in [0.717, 1.165) is 0 Å². The van der Waals surface area contributed by atoms with Crippen LogP contribution in [0.1, 0.15) is 102 Å². The normalized spacial score (nSPS) is 11.5. The van der Waals surface area contributed by atoms with Crippen LogP contribution in [0.2, 0.25) is 0 Å². The van der Waals surface area contributed by atoms with Gasteiger partial charge in [0.05, 0.1) is 0 Å². The highest BCUT2D eigenvalue weighted by atomic mass is 14.1. The molecule has 0 fully saturated rings. The average Bonchev–Trinajstić information content (AvgIpc) is 2.78. The summed E-state index contributed by atoms with van der Waals surface area (Å²) in [5.74, 6) is 0. The lowest BCUT2D eigenvalue weighted by atomic mass is 9.89. The van der Waals surface area contributed by atoms with Crippen molar-refractivity contribution < 1.29 is 0 Å². The maximum absolute atomic E-state index is 2.45. The first-order chi connectivity index (χ1) is 14.8. The molecule has 0 saturated carbocycles. The van der Waals surface area contributed by atoms with Gasteiger partial charge in [0.2, 0.25) is 0 Å². The van der Waals surface area contributed by atoms with Crippen molar-refractivity contribution in [2.45, 2.75) is 104 Å². The standard InChI is InChI=1S/C30H42/c1-3-5-7-9-11-13-17-25-21-23-30-28-20-16-15-18-26(28)22-24-29(30)27(25)19-14-12-10-8-6-4-2/h15-16,18,20-24H,3-14,17,19H2,1-2H3. The van der Waals surface area contributed by atoms with Crippen LogP contribution < -0.4 is 0 Å². The van der Waals surface area contributed by atoms with Gasteiger partial charge in [-0.25, -0.2) is 0 Å². The number of hydrogen-bond donors (Lipinski definition) is 0. The highest BCUT2D eigenvalue weighted by Gasteiger charge is 2.10. The number of hydrogen-bond acceptors (Lipinski definition) is 0. The Balaban J connectivity index is 1.76. The van der Waals surface area contributed by atoms with Crippen LogP contribution in [-0.4, -0.2) is 0 Å². The molecule has 3 aromatic rings. The van der Waals surface area contributed by atoms with Gasteiger partial charge in [-0.1, -0.05) is 127 Å². The first kappa shape index (κ1) is 22.9. The molecule has 0 aliphatic heterocycles. The Labute approximate surface area is 185 Å². The minimum absolute atomic E-state index is 1.24. The predicted molar refractivity (Wildman–Crippen MR) is 136 cm³/mol. The molecule has 0 unspecified atom stereocenters. The predicted octanol–water partition coefficient (Wildman–Crippen LogP) is 9.80. The van der Waals surface area contributed by atoms with Crippen LogP contribution in [0.15, 0.2) is 48.5 Å². The van der Waals surface area contributed by atoms with Crippen molar-refractivity contribution in [1.82, 2.24) is 0 Å². The van der Waals surface area contributed by atoms with Gasteiger partial charge >= 0.3 is 0 Å². The second-order valence-electron chi connectivity index (χ2n) is 9.12. The molecule has 0 amide bonds. The maximum Gasteiger partial charge on any atom is -0.0102 e. The van der Waals surface area contributed by atoms with E-state index in [1.54, 1.807) is 11.1 Å². The third-order valence-corrected chi connectivity index (χ3v) is 6.71. The number of unbranched alkanes of at least 4 members (excludes halogenated alkanes) is 10. The molecule has 0 aromatic heterocycles. The fourth-order valence-electron chi connectivity index (χ4n) is 4.90. The summed E-state index contributed by atoms with van der Waals surface area (Å²) >= 11 is 0. The molecular formula is C30H42. The molecule has 0 aliphatic rings. The van der Waals surface area contributed by atoms with Gasteiger partial charge in [-0.3, -0.25) is 0 Å². The van der Waals surface area contributed by atoms with Crippen LogP contribution in [0, 0.1) is 0 Å². The van der Waals surface area contributed by atoms with E-state index in [0.29, 0.717) is 0 Å². The summed E-state index contributed by atoms with van der Waals surface area (Å²) in [4.78, 5) is 0. The van der Waals surface area contributed by atoms with E-state index in [1.165, 1.54) is 111 Å². The minimum Gasteiger partial charge on any atom is -0.0654 e. The number of rotatable bonds is 14. The molecule has 0 nitrogen and oxygen atoms in total. The molecule has 0 saturated heterocycles. The summed E-state index contributed by atoms with van der Waals surface area (Å²) in [5.41, 5.74) is 3.25. The monoisotopic (exact) mass is 402 g/mol. The molecule has 162 valence electrons. The molecule has 0 spiro atoms. The molecule has 0 aliphatic carbocycles. The molecule has 3 aromatic carbocycles. The summed E-state index contributed by atoms with van der Waals surface area (Å²) in [5, 5.41) is 5.72. The van der Waals surface area contributed by atoms with E-state index >= 15 is 0 Å². The number of benzene rings is 3. The lowest BCUT2D eigenvalue weighted by Crippen LogP contribution is -1.98. The van der Waals surface area contributed by atoms with Gasteiger partial charge in [0.25, 0.3) is 0 Å². The van der Waals surface area contributed by atoms with Crippen LogP contribution in [-0.2, 0) is 12.8 Å². The Hall–Kier alpha value is -1.82. The quantitative estimate of drug-likeness (QED) is 0.186. The van der Waals surface area contributed by atoms with Gasteiger partial charge in [-0.2, -0.15) is 0 Å². The zero-order valence-corrected chi connectivity index (χ0v) is 19.5. The van der Waals surface area contributed by atoms with Gasteiger partial charge in [-0.15, -0.1) is 0 Å². The molecular weight excluding hydrogens is 360 g/mol. The lowest BCUT2D eigenvalue weighted by Gasteiger charge is -2.15.